The van der Waals surface area contributed by atoms with Crippen molar-refractivity contribution in [2.24, 2.45) is 0 Å². The number of rotatable bonds is 3. The molecule has 1 fully saturated rings. The molecule has 8 heteroatoms. The van der Waals surface area contributed by atoms with Crippen molar-refractivity contribution in [2.75, 3.05) is 34.8 Å². The van der Waals surface area contributed by atoms with Crippen LogP contribution in [-0.4, -0.2) is 38.9 Å². The van der Waals surface area contributed by atoms with Crippen LogP contribution >= 0.6 is 11.6 Å². The van der Waals surface area contributed by atoms with Crippen LogP contribution in [0, 0.1) is 5.82 Å². The van der Waals surface area contributed by atoms with Crippen LogP contribution in [-0.2, 0) is 9.84 Å². The first-order chi connectivity index (χ1) is 11.8. The Hall–Kier alpha value is -2.12. The summed E-state index contributed by atoms with van der Waals surface area (Å²) in [6.07, 6.45) is 0. The molecular weight excluding hydrogens is 367 g/mol. The lowest BCUT2D eigenvalue weighted by molar-refractivity contribution is 0.102. The van der Waals surface area contributed by atoms with Gasteiger partial charge in [-0.05, 0) is 42.5 Å². The molecule has 25 heavy (non-hydrogen) atoms. The third kappa shape index (κ3) is 4.29. The van der Waals surface area contributed by atoms with Crippen molar-refractivity contribution in [1.29, 1.82) is 0 Å². The summed E-state index contributed by atoms with van der Waals surface area (Å²) in [5.41, 5.74) is 1.15. The maximum absolute atomic E-state index is 14.1. The van der Waals surface area contributed by atoms with Gasteiger partial charge in [-0.25, -0.2) is 12.8 Å². The van der Waals surface area contributed by atoms with Crippen molar-refractivity contribution in [3.63, 3.8) is 0 Å². The minimum Gasteiger partial charge on any atom is -0.367 e. The van der Waals surface area contributed by atoms with Gasteiger partial charge < -0.3 is 10.2 Å². The van der Waals surface area contributed by atoms with Crippen LogP contribution < -0.4 is 10.2 Å². The number of hydrogen-bond acceptors (Lipinski definition) is 4. The third-order valence-electron chi connectivity index (χ3n) is 4.00. The molecule has 1 amide bonds. The summed E-state index contributed by atoms with van der Waals surface area (Å²) in [6, 6.07) is 10.7. The number of anilines is 2. The smallest absolute Gasteiger partial charge is 0.255 e. The Morgan fingerprint density at radius 2 is 1.72 bits per heavy atom. The van der Waals surface area contributed by atoms with Gasteiger partial charge in [-0.2, -0.15) is 0 Å². The fourth-order valence-electron chi connectivity index (χ4n) is 2.59. The topological polar surface area (TPSA) is 66.5 Å². The molecule has 0 saturated carbocycles. The first kappa shape index (κ1) is 17.7. The lowest BCUT2D eigenvalue weighted by atomic mass is 10.2. The number of benzene rings is 2. The van der Waals surface area contributed by atoms with Crippen LogP contribution in [0.3, 0.4) is 0 Å². The number of nitrogens with zero attached hydrogens (tertiary/aromatic N) is 1. The molecule has 1 aliphatic heterocycles. The Labute approximate surface area is 150 Å². The molecule has 0 spiro atoms. The molecule has 2 aromatic rings. The lowest BCUT2D eigenvalue weighted by Gasteiger charge is -2.29. The van der Waals surface area contributed by atoms with E-state index in [0.29, 0.717) is 16.3 Å². The summed E-state index contributed by atoms with van der Waals surface area (Å²) in [5, 5.41) is 3.24. The second kappa shape index (κ2) is 7.01. The zero-order valence-electron chi connectivity index (χ0n) is 13.2. The average Bonchev–Trinajstić information content (AvgIpc) is 2.57. The number of hydrogen-bond donors (Lipinski definition) is 1. The number of nitrogens with one attached hydrogen (secondary N) is 1. The molecular formula is C17H16ClFN2O3S. The van der Waals surface area contributed by atoms with E-state index in [2.05, 4.69) is 5.32 Å². The zero-order chi connectivity index (χ0) is 18.0. The van der Waals surface area contributed by atoms with E-state index in [4.69, 9.17) is 11.6 Å². The molecule has 0 aliphatic carbocycles. The van der Waals surface area contributed by atoms with Crippen LogP contribution in [0.2, 0.25) is 5.02 Å². The highest BCUT2D eigenvalue weighted by Gasteiger charge is 2.23. The van der Waals surface area contributed by atoms with Gasteiger partial charge in [0.1, 0.15) is 5.82 Å². The molecule has 132 valence electrons. The summed E-state index contributed by atoms with van der Waals surface area (Å²) < 4.78 is 37.2. The Balaban J connectivity index is 1.77. The molecule has 0 bridgehead atoms. The highest BCUT2D eigenvalue weighted by atomic mass is 35.5. The quantitative estimate of drug-likeness (QED) is 0.886. The molecule has 1 heterocycles. The SMILES string of the molecule is O=C(Nc1ccc(F)c(N2CCS(=O)(=O)CC2)c1)c1ccc(Cl)cc1. The van der Waals surface area contributed by atoms with Crippen molar-refractivity contribution in [3.8, 4) is 0 Å². The highest BCUT2D eigenvalue weighted by molar-refractivity contribution is 7.91. The van der Waals surface area contributed by atoms with Crippen LogP contribution in [0.1, 0.15) is 10.4 Å². The number of carbonyl (C=O) groups excluding carboxylic acids is 1. The first-order valence-corrected chi connectivity index (χ1v) is 9.86. The van der Waals surface area contributed by atoms with Crippen LogP contribution in [0.4, 0.5) is 15.8 Å². The van der Waals surface area contributed by atoms with Gasteiger partial charge in [0.25, 0.3) is 5.91 Å². The van der Waals surface area contributed by atoms with Crippen LogP contribution in [0.5, 0.6) is 0 Å². The average molecular weight is 383 g/mol. The summed E-state index contributed by atoms with van der Waals surface area (Å²) in [6.45, 7) is 0.460. The minimum absolute atomic E-state index is 0.00615. The fourth-order valence-corrected chi connectivity index (χ4v) is 3.92. The van der Waals surface area contributed by atoms with E-state index in [1.807, 2.05) is 0 Å². The van der Waals surface area contributed by atoms with Crippen molar-refractivity contribution in [3.05, 3.63) is 58.9 Å². The second-order valence-electron chi connectivity index (χ2n) is 5.77. The number of amides is 1. The molecule has 1 saturated heterocycles. The standard InChI is InChI=1S/C17H16ClFN2O3S/c18-13-3-1-12(2-4-13)17(22)20-14-5-6-15(19)16(11-14)21-7-9-25(23,24)10-8-21/h1-6,11H,7-10H2,(H,20,22). The molecule has 1 aliphatic rings. The molecule has 0 radical (unpaired) electrons. The maximum atomic E-state index is 14.1. The molecule has 1 N–H and O–H groups in total. The number of carbonyl (C=O) groups is 1. The van der Waals surface area contributed by atoms with E-state index in [-0.39, 0.29) is 36.2 Å². The van der Waals surface area contributed by atoms with E-state index >= 15 is 0 Å². The Bertz CT molecular complexity index is 887. The van der Waals surface area contributed by atoms with Crippen molar-refractivity contribution in [1.82, 2.24) is 0 Å². The minimum atomic E-state index is -3.05. The zero-order valence-corrected chi connectivity index (χ0v) is 14.8. The normalized spacial score (nSPS) is 16.5. The lowest BCUT2D eigenvalue weighted by Crippen LogP contribution is -2.40. The third-order valence-corrected chi connectivity index (χ3v) is 5.86. The largest absolute Gasteiger partial charge is 0.367 e. The number of sulfone groups is 1. The van der Waals surface area contributed by atoms with E-state index in [9.17, 15) is 17.6 Å². The molecule has 0 aromatic heterocycles. The molecule has 2 aromatic carbocycles. The van der Waals surface area contributed by atoms with E-state index in [1.165, 1.54) is 18.2 Å². The van der Waals surface area contributed by atoms with Crippen LogP contribution in [0.25, 0.3) is 0 Å². The van der Waals surface area contributed by atoms with Crippen molar-refractivity contribution < 1.29 is 17.6 Å². The second-order valence-corrected chi connectivity index (χ2v) is 8.51. The maximum Gasteiger partial charge on any atom is 0.255 e. The molecule has 3 rings (SSSR count). The first-order valence-electron chi connectivity index (χ1n) is 7.66. The summed E-state index contributed by atoms with van der Waals surface area (Å²) in [5.74, 6) is -0.805. The molecule has 5 nitrogen and oxygen atoms in total. The highest BCUT2D eigenvalue weighted by Crippen LogP contribution is 2.25. The van der Waals surface area contributed by atoms with Gasteiger partial charge in [-0.15, -0.1) is 0 Å². The summed E-state index contributed by atoms with van der Waals surface area (Å²) >= 11 is 5.80. The van der Waals surface area contributed by atoms with Gasteiger partial charge in [0.15, 0.2) is 9.84 Å². The Kier molecular flexibility index (Phi) is 4.96. The van der Waals surface area contributed by atoms with Crippen molar-refractivity contribution in [2.45, 2.75) is 0 Å². The van der Waals surface area contributed by atoms with Crippen LogP contribution in [0.15, 0.2) is 42.5 Å². The number of halogens is 2. The van der Waals surface area contributed by atoms with Gasteiger partial charge >= 0.3 is 0 Å². The Morgan fingerprint density at radius 1 is 1.08 bits per heavy atom. The summed E-state index contributed by atoms with van der Waals surface area (Å²) in [7, 11) is -3.05. The molecule has 0 unspecified atom stereocenters. The van der Waals surface area contributed by atoms with Gasteiger partial charge in [-0.1, -0.05) is 11.6 Å². The summed E-state index contributed by atoms with van der Waals surface area (Å²) in [4.78, 5) is 13.9. The molecule has 0 atom stereocenters. The van der Waals surface area contributed by atoms with E-state index in [1.54, 1.807) is 29.2 Å². The van der Waals surface area contributed by atoms with Crippen molar-refractivity contribution >= 4 is 38.7 Å². The van der Waals surface area contributed by atoms with Gasteiger partial charge in [0.05, 0.1) is 17.2 Å². The van der Waals surface area contributed by atoms with E-state index < -0.39 is 15.7 Å². The predicted molar refractivity (Wildman–Crippen MR) is 96.7 cm³/mol. The van der Waals surface area contributed by atoms with E-state index in [0.717, 1.165) is 0 Å². The van der Waals surface area contributed by atoms with Gasteiger partial charge in [0, 0.05) is 29.4 Å². The Morgan fingerprint density at radius 3 is 2.36 bits per heavy atom. The predicted octanol–water partition coefficient (Wildman–Crippen LogP) is 2.97. The fraction of sp³-hybridized carbons (Fsp3) is 0.235. The van der Waals surface area contributed by atoms with Gasteiger partial charge in [-0.3, -0.25) is 4.79 Å². The monoisotopic (exact) mass is 382 g/mol. The van der Waals surface area contributed by atoms with Gasteiger partial charge in [0.2, 0.25) is 0 Å².